The Balaban J connectivity index is 2.68. The molecular weight excluding hydrogens is 235 g/mol. The van der Waals surface area contributed by atoms with Crippen LogP contribution in [0.4, 0.5) is 16.2 Å². The quantitative estimate of drug-likeness (QED) is 0.696. The Bertz CT molecular complexity index is 384. The highest BCUT2D eigenvalue weighted by Gasteiger charge is 2.19. The lowest BCUT2D eigenvalue weighted by Gasteiger charge is -2.23. The molecule has 0 radical (unpaired) electrons. The van der Waals surface area contributed by atoms with Crippen molar-refractivity contribution in [1.82, 2.24) is 9.97 Å². The fourth-order valence-corrected chi connectivity index (χ4v) is 1.64. The lowest BCUT2D eigenvalue weighted by molar-refractivity contribution is 0.0635. The minimum atomic E-state index is -0.871. The molecule has 0 saturated carbocycles. The molecule has 0 aliphatic carbocycles. The second-order valence-corrected chi connectivity index (χ2v) is 4.52. The Labute approximate surface area is 107 Å². The van der Waals surface area contributed by atoms with E-state index in [4.69, 9.17) is 0 Å². The maximum absolute atomic E-state index is 13.5. The van der Waals surface area contributed by atoms with Gasteiger partial charge in [-0.05, 0) is 20.3 Å². The van der Waals surface area contributed by atoms with Gasteiger partial charge in [-0.15, -0.1) is 0 Å². The Morgan fingerprint density at radius 3 is 2.72 bits per heavy atom. The van der Waals surface area contributed by atoms with E-state index in [1.807, 2.05) is 13.8 Å². The average Bonchev–Trinajstić information content (AvgIpc) is 2.30. The molecular formula is C12H21FN4O. The molecule has 1 rings (SSSR count). The van der Waals surface area contributed by atoms with Gasteiger partial charge in [-0.25, -0.2) is 9.37 Å². The van der Waals surface area contributed by atoms with Crippen molar-refractivity contribution in [3.05, 3.63) is 12.0 Å². The smallest absolute Gasteiger partial charge is 0.224 e. The zero-order chi connectivity index (χ0) is 13.6. The summed E-state index contributed by atoms with van der Waals surface area (Å²) in [6.45, 7) is 6.53. The summed E-state index contributed by atoms with van der Waals surface area (Å²) in [6.07, 6.45) is 2.62. The number of aromatic nitrogens is 2. The van der Waals surface area contributed by atoms with Crippen LogP contribution in [0, 0.1) is 5.82 Å². The van der Waals surface area contributed by atoms with Crippen molar-refractivity contribution in [3.63, 3.8) is 0 Å². The second kappa shape index (κ2) is 6.49. The van der Waals surface area contributed by atoms with Crippen molar-refractivity contribution in [2.45, 2.75) is 39.2 Å². The molecule has 0 aliphatic heterocycles. The molecule has 3 N–H and O–H groups in total. The van der Waals surface area contributed by atoms with Crippen LogP contribution in [0.5, 0.6) is 0 Å². The van der Waals surface area contributed by atoms with Gasteiger partial charge in [0.2, 0.25) is 5.95 Å². The molecule has 1 atom stereocenters. The van der Waals surface area contributed by atoms with Gasteiger partial charge >= 0.3 is 0 Å². The first-order valence-electron chi connectivity index (χ1n) is 6.21. The van der Waals surface area contributed by atoms with E-state index < -0.39 is 11.4 Å². The van der Waals surface area contributed by atoms with Crippen LogP contribution in [0.3, 0.4) is 0 Å². The van der Waals surface area contributed by atoms with E-state index in [1.165, 1.54) is 0 Å². The molecule has 5 nitrogen and oxygen atoms in total. The number of hydrogen-bond donors (Lipinski definition) is 3. The molecule has 1 aromatic heterocycles. The normalized spacial score (nSPS) is 14.1. The van der Waals surface area contributed by atoms with Crippen molar-refractivity contribution in [1.29, 1.82) is 0 Å². The fraction of sp³-hybridized carbons (Fsp3) is 0.667. The summed E-state index contributed by atoms with van der Waals surface area (Å²) in [6, 6.07) is 0. The van der Waals surface area contributed by atoms with Gasteiger partial charge in [0.05, 0.1) is 11.8 Å². The van der Waals surface area contributed by atoms with E-state index in [0.717, 1.165) is 12.6 Å². The van der Waals surface area contributed by atoms with Crippen LogP contribution in [-0.4, -0.2) is 33.8 Å². The summed E-state index contributed by atoms with van der Waals surface area (Å²) in [4.78, 5) is 7.82. The van der Waals surface area contributed by atoms with Crippen molar-refractivity contribution in [2.75, 3.05) is 23.7 Å². The molecule has 0 saturated heterocycles. The predicted molar refractivity (Wildman–Crippen MR) is 70.2 cm³/mol. The minimum absolute atomic E-state index is 0.109. The molecule has 0 aliphatic rings. The Hall–Kier alpha value is -1.43. The Kier molecular flexibility index (Phi) is 5.27. The molecule has 1 aromatic rings. The van der Waals surface area contributed by atoms with Gasteiger partial charge in [-0.2, -0.15) is 4.98 Å². The van der Waals surface area contributed by atoms with Crippen LogP contribution in [0.1, 0.15) is 33.6 Å². The predicted octanol–water partition coefficient (Wildman–Crippen LogP) is 2.01. The zero-order valence-corrected chi connectivity index (χ0v) is 11.1. The summed E-state index contributed by atoms with van der Waals surface area (Å²) in [5.41, 5.74) is -0.871. The van der Waals surface area contributed by atoms with Crippen LogP contribution in [0.25, 0.3) is 0 Å². The summed E-state index contributed by atoms with van der Waals surface area (Å²) >= 11 is 0. The third-order valence-corrected chi connectivity index (χ3v) is 2.50. The van der Waals surface area contributed by atoms with Gasteiger partial charge in [-0.3, -0.25) is 0 Å². The molecule has 0 spiro atoms. The standard InChI is InChI=1S/C12H21FN4O/c1-4-6-12(3,18)8-16-10-9(13)7-15-11(17-10)14-5-2/h7,18H,4-6,8H2,1-3H3,(H2,14,15,16,17). The largest absolute Gasteiger partial charge is 0.388 e. The van der Waals surface area contributed by atoms with Gasteiger partial charge in [-0.1, -0.05) is 13.3 Å². The molecule has 18 heavy (non-hydrogen) atoms. The molecule has 1 unspecified atom stereocenters. The molecule has 0 fully saturated rings. The first kappa shape index (κ1) is 14.6. The highest BCUT2D eigenvalue weighted by molar-refractivity contribution is 5.41. The third-order valence-electron chi connectivity index (χ3n) is 2.50. The minimum Gasteiger partial charge on any atom is -0.388 e. The molecule has 1 heterocycles. The SMILES string of the molecule is CCCC(C)(O)CNc1nc(NCC)ncc1F. The van der Waals surface area contributed by atoms with Crippen molar-refractivity contribution < 1.29 is 9.50 Å². The second-order valence-electron chi connectivity index (χ2n) is 4.52. The van der Waals surface area contributed by atoms with E-state index >= 15 is 0 Å². The van der Waals surface area contributed by atoms with E-state index in [2.05, 4.69) is 20.6 Å². The summed E-state index contributed by atoms with van der Waals surface area (Å²) in [5, 5.41) is 15.7. The molecule has 102 valence electrons. The number of rotatable bonds is 7. The summed E-state index contributed by atoms with van der Waals surface area (Å²) in [5.74, 6) is -0.0437. The fourth-order valence-electron chi connectivity index (χ4n) is 1.64. The van der Waals surface area contributed by atoms with E-state index in [-0.39, 0.29) is 12.4 Å². The highest BCUT2D eigenvalue weighted by Crippen LogP contribution is 2.16. The van der Waals surface area contributed by atoms with Gasteiger partial charge in [0.25, 0.3) is 0 Å². The van der Waals surface area contributed by atoms with Crippen molar-refractivity contribution >= 4 is 11.8 Å². The van der Waals surface area contributed by atoms with Crippen LogP contribution in [-0.2, 0) is 0 Å². The number of hydrogen-bond acceptors (Lipinski definition) is 5. The Morgan fingerprint density at radius 2 is 2.11 bits per heavy atom. The topological polar surface area (TPSA) is 70.1 Å². The number of nitrogens with zero attached hydrogens (tertiary/aromatic N) is 2. The maximum Gasteiger partial charge on any atom is 0.224 e. The van der Waals surface area contributed by atoms with Crippen LogP contribution in [0.2, 0.25) is 0 Å². The van der Waals surface area contributed by atoms with Gasteiger partial charge < -0.3 is 15.7 Å². The first-order chi connectivity index (χ1) is 8.48. The number of halogens is 1. The van der Waals surface area contributed by atoms with E-state index in [1.54, 1.807) is 6.92 Å². The number of aliphatic hydroxyl groups is 1. The monoisotopic (exact) mass is 256 g/mol. The summed E-state index contributed by atoms with van der Waals surface area (Å²) < 4.78 is 13.5. The molecule has 0 bridgehead atoms. The average molecular weight is 256 g/mol. The third kappa shape index (κ3) is 4.44. The molecule has 0 aromatic carbocycles. The molecule has 6 heteroatoms. The lowest BCUT2D eigenvalue weighted by Crippen LogP contribution is -2.33. The molecule has 0 amide bonds. The van der Waals surface area contributed by atoms with E-state index in [9.17, 15) is 9.50 Å². The number of nitrogens with one attached hydrogen (secondary N) is 2. The van der Waals surface area contributed by atoms with E-state index in [0.29, 0.717) is 18.9 Å². The highest BCUT2D eigenvalue weighted by atomic mass is 19.1. The Morgan fingerprint density at radius 1 is 1.39 bits per heavy atom. The number of anilines is 2. The zero-order valence-electron chi connectivity index (χ0n) is 11.1. The van der Waals surface area contributed by atoms with Crippen LogP contribution < -0.4 is 10.6 Å². The van der Waals surface area contributed by atoms with Crippen molar-refractivity contribution in [3.8, 4) is 0 Å². The van der Waals surface area contributed by atoms with Gasteiger partial charge in [0.15, 0.2) is 11.6 Å². The van der Waals surface area contributed by atoms with Crippen molar-refractivity contribution in [2.24, 2.45) is 0 Å². The van der Waals surface area contributed by atoms with Crippen LogP contribution >= 0.6 is 0 Å². The summed E-state index contributed by atoms with van der Waals surface area (Å²) in [7, 11) is 0. The maximum atomic E-state index is 13.5. The van der Waals surface area contributed by atoms with Gasteiger partial charge in [0.1, 0.15) is 0 Å². The van der Waals surface area contributed by atoms with Gasteiger partial charge in [0, 0.05) is 13.1 Å². The lowest BCUT2D eigenvalue weighted by atomic mass is 10.0. The first-order valence-corrected chi connectivity index (χ1v) is 6.21. The van der Waals surface area contributed by atoms with Crippen LogP contribution in [0.15, 0.2) is 6.20 Å².